The van der Waals surface area contributed by atoms with Crippen molar-refractivity contribution in [2.75, 3.05) is 0 Å². The summed E-state index contributed by atoms with van der Waals surface area (Å²) in [5, 5.41) is 10.1. The van der Waals surface area contributed by atoms with Gasteiger partial charge >= 0.3 is 0 Å². The van der Waals surface area contributed by atoms with E-state index in [2.05, 4.69) is 407 Å². The number of nitrogens with zero attached hydrogens (tertiary/aromatic N) is 4. The van der Waals surface area contributed by atoms with E-state index >= 15 is 0 Å². The Morgan fingerprint density at radius 3 is 0.720 bits per heavy atom. The molecule has 100 heavy (non-hydrogen) atoms. The Balaban J connectivity index is 0.000000139. The van der Waals surface area contributed by atoms with Crippen molar-refractivity contribution in [1.29, 1.82) is 0 Å². The number of fused-ring (bicyclic) bond motifs is 12. The van der Waals surface area contributed by atoms with Gasteiger partial charge < -0.3 is 18.3 Å². The molecule has 0 unspecified atom stereocenters. The zero-order chi connectivity index (χ0) is 66.0. The standard InChI is InChI=1S/2C48H32N2/c1-3-12-33(13-4-1)35-14-11-15-36(30-35)34-22-26-40(27-23-34)50-45-20-9-7-18-41(45)43-28-24-38(32-48(43)50)37-25-29-47-44(31-37)42-19-8-10-21-46(42)49(47)39-16-5-2-6-17-39;1-3-11-33(12-4-1)34-19-21-35(22-20-34)36-23-27-40(28-24-36)50-45-17-9-7-15-41(45)43-29-25-38(32-48(43)50)37-26-30-47-44(31-37)42-16-8-10-18-46(42)49(47)39-13-5-2-6-14-39/h2*1-32H. The molecule has 0 fully saturated rings. The van der Waals surface area contributed by atoms with E-state index in [0.29, 0.717) is 0 Å². The Bertz CT molecular complexity index is 6450. The Labute approximate surface area is 579 Å². The first-order valence-electron chi connectivity index (χ1n) is 34.4. The fourth-order valence-corrected chi connectivity index (χ4v) is 15.5. The molecule has 0 bridgehead atoms. The molecule has 20 rings (SSSR count). The van der Waals surface area contributed by atoms with Crippen LogP contribution in [-0.2, 0) is 0 Å². The monoisotopic (exact) mass is 1270 g/mol. The van der Waals surface area contributed by atoms with Crippen molar-refractivity contribution in [1.82, 2.24) is 18.3 Å². The maximum atomic E-state index is 2.41. The average Bonchev–Trinajstić information content (AvgIpc) is 1.60. The molecular formula is C96H64N4. The molecule has 4 heteroatoms. The number of hydrogen-bond acceptors (Lipinski definition) is 0. The maximum Gasteiger partial charge on any atom is 0.0547 e. The van der Waals surface area contributed by atoms with Gasteiger partial charge in [0.25, 0.3) is 0 Å². The first-order chi connectivity index (χ1) is 49.6. The van der Waals surface area contributed by atoms with Crippen molar-refractivity contribution >= 4 is 87.2 Å². The summed E-state index contributed by atoms with van der Waals surface area (Å²) in [4.78, 5) is 0. The Morgan fingerprint density at radius 1 is 0.110 bits per heavy atom. The zero-order valence-corrected chi connectivity index (χ0v) is 54.7. The summed E-state index contributed by atoms with van der Waals surface area (Å²) in [6.07, 6.45) is 0. The molecule has 20 aromatic rings. The highest BCUT2D eigenvalue weighted by atomic mass is 15.0. The molecule has 0 amide bonds. The minimum atomic E-state index is 1.15. The lowest BCUT2D eigenvalue weighted by atomic mass is 9.99. The molecule has 0 spiro atoms. The molecule has 4 heterocycles. The van der Waals surface area contributed by atoms with E-state index in [9.17, 15) is 0 Å². The van der Waals surface area contributed by atoms with Crippen LogP contribution in [-0.4, -0.2) is 18.3 Å². The molecule has 0 aliphatic rings. The largest absolute Gasteiger partial charge is 0.309 e. The van der Waals surface area contributed by atoms with E-state index in [-0.39, 0.29) is 0 Å². The van der Waals surface area contributed by atoms with Crippen LogP contribution in [0.1, 0.15) is 0 Å². The third-order valence-corrected chi connectivity index (χ3v) is 20.3. The van der Waals surface area contributed by atoms with E-state index in [4.69, 9.17) is 0 Å². The van der Waals surface area contributed by atoms with Gasteiger partial charge in [-0.25, -0.2) is 0 Å². The molecule has 4 aromatic heterocycles. The molecule has 4 nitrogen and oxygen atoms in total. The SMILES string of the molecule is c1ccc(-c2ccc(-c3ccc(-n4c5ccccc5c5ccc(-c6ccc7c(c6)c6ccccc6n7-c6ccccc6)cc54)cc3)cc2)cc1.c1ccc(-c2cccc(-c3ccc(-n4c5ccccc5c5ccc(-c6ccc7c(c6)c6ccccc6n7-c6ccccc6)cc54)cc3)c2)cc1. The minimum Gasteiger partial charge on any atom is -0.309 e. The third kappa shape index (κ3) is 10.1. The fraction of sp³-hybridized carbons (Fsp3) is 0. The van der Waals surface area contributed by atoms with Crippen LogP contribution in [0.4, 0.5) is 0 Å². The van der Waals surface area contributed by atoms with Crippen LogP contribution >= 0.6 is 0 Å². The predicted molar refractivity (Wildman–Crippen MR) is 423 cm³/mol. The highest BCUT2D eigenvalue weighted by Gasteiger charge is 2.20. The van der Waals surface area contributed by atoms with Gasteiger partial charge in [0.1, 0.15) is 0 Å². The molecule has 0 aliphatic carbocycles. The second-order valence-electron chi connectivity index (χ2n) is 26.0. The van der Waals surface area contributed by atoms with Gasteiger partial charge in [0.05, 0.1) is 44.1 Å². The first-order valence-corrected chi connectivity index (χ1v) is 34.4. The van der Waals surface area contributed by atoms with E-state index in [1.807, 2.05) is 0 Å². The third-order valence-electron chi connectivity index (χ3n) is 20.3. The van der Waals surface area contributed by atoms with Crippen molar-refractivity contribution in [3.63, 3.8) is 0 Å². The smallest absolute Gasteiger partial charge is 0.0547 e. The van der Waals surface area contributed by atoms with Crippen LogP contribution in [0.3, 0.4) is 0 Å². The lowest BCUT2D eigenvalue weighted by Gasteiger charge is -2.11. The quantitative estimate of drug-likeness (QED) is 0.130. The first kappa shape index (κ1) is 58.1. The molecule has 0 N–H and O–H groups in total. The zero-order valence-electron chi connectivity index (χ0n) is 54.7. The topological polar surface area (TPSA) is 19.7 Å². The van der Waals surface area contributed by atoms with Gasteiger partial charge in [-0.1, -0.05) is 273 Å². The molecular weight excluding hydrogens is 1210 g/mol. The Kier molecular flexibility index (Phi) is 14.2. The summed E-state index contributed by atoms with van der Waals surface area (Å²) < 4.78 is 9.57. The van der Waals surface area contributed by atoms with E-state index < -0.39 is 0 Å². The van der Waals surface area contributed by atoms with Gasteiger partial charge in [-0.05, 0) is 182 Å². The maximum absolute atomic E-state index is 2.41. The van der Waals surface area contributed by atoms with Crippen LogP contribution in [0.25, 0.3) is 177 Å². The highest BCUT2D eigenvalue weighted by molar-refractivity contribution is 6.15. The van der Waals surface area contributed by atoms with Crippen molar-refractivity contribution in [2.45, 2.75) is 0 Å². The van der Waals surface area contributed by atoms with Crippen molar-refractivity contribution in [3.05, 3.63) is 388 Å². The Hall–Kier alpha value is -13.3. The van der Waals surface area contributed by atoms with Crippen molar-refractivity contribution in [3.8, 4) is 89.5 Å². The summed E-state index contributed by atoms with van der Waals surface area (Å²) in [6.45, 7) is 0. The van der Waals surface area contributed by atoms with Crippen molar-refractivity contribution < 1.29 is 0 Å². The lowest BCUT2D eigenvalue weighted by Crippen LogP contribution is -1.94. The normalized spacial score (nSPS) is 11.6. The van der Waals surface area contributed by atoms with E-state index in [1.54, 1.807) is 0 Å². The van der Waals surface area contributed by atoms with E-state index in [1.165, 1.54) is 165 Å². The molecule has 0 atom stereocenters. The molecule has 0 saturated heterocycles. The predicted octanol–water partition coefficient (Wildman–Crippen LogP) is 25.8. The summed E-state index contributed by atoms with van der Waals surface area (Å²) in [7, 11) is 0. The number of para-hydroxylation sites is 6. The van der Waals surface area contributed by atoms with Crippen LogP contribution in [0, 0.1) is 0 Å². The van der Waals surface area contributed by atoms with Gasteiger partial charge in [0, 0.05) is 65.8 Å². The van der Waals surface area contributed by atoms with Crippen LogP contribution < -0.4 is 0 Å². The summed E-state index contributed by atoms with van der Waals surface area (Å²) in [5.74, 6) is 0. The van der Waals surface area contributed by atoms with Crippen LogP contribution in [0.15, 0.2) is 388 Å². The van der Waals surface area contributed by atoms with Gasteiger partial charge in [-0.3, -0.25) is 0 Å². The summed E-state index contributed by atoms with van der Waals surface area (Å²) in [5.41, 5.74) is 28.9. The average molecular weight is 1270 g/mol. The molecule has 0 saturated carbocycles. The number of aromatic nitrogens is 4. The van der Waals surface area contributed by atoms with Gasteiger partial charge in [-0.15, -0.1) is 0 Å². The molecule has 468 valence electrons. The second kappa shape index (κ2) is 24.4. The van der Waals surface area contributed by atoms with Crippen molar-refractivity contribution in [2.24, 2.45) is 0 Å². The molecule has 0 radical (unpaired) electrons. The number of rotatable bonds is 10. The second-order valence-corrected chi connectivity index (χ2v) is 26.0. The molecule has 0 aliphatic heterocycles. The molecule has 16 aromatic carbocycles. The highest BCUT2D eigenvalue weighted by Crippen LogP contribution is 2.42. The van der Waals surface area contributed by atoms with E-state index in [0.717, 1.165) is 11.4 Å². The summed E-state index contributed by atoms with van der Waals surface area (Å²) in [6, 6.07) is 141. The number of hydrogen-bond donors (Lipinski definition) is 0. The van der Waals surface area contributed by atoms with Gasteiger partial charge in [-0.2, -0.15) is 0 Å². The summed E-state index contributed by atoms with van der Waals surface area (Å²) >= 11 is 0. The van der Waals surface area contributed by atoms with Crippen LogP contribution in [0.5, 0.6) is 0 Å². The lowest BCUT2D eigenvalue weighted by molar-refractivity contribution is 1.18. The van der Waals surface area contributed by atoms with Gasteiger partial charge in [0.2, 0.25) is 0 Å². The minimum absolute atomic E-state index is 1.15. The Morgan fingerprint density at radius 2 is 0.330 bits per heavy atom. The van der Waals surface area contributed by atoms with Gasteiger partial charge in [0.15, 0.2) is 0 Å². The van der Waals surface area contributed by atoms with Crippen LogP contribution in [0.2, 0.25) is 0 Å². The number of benzene rings is 16. The fourth-order valence-electron chi connectivity index (χ4n) is 15.5.